The summed E-state index contributed by atoms with van der Waals surface area (Å²) in [6.45, 7) is -0.0344. The minimum atomic E-state index is -3.62. The molecule has 2 aromatic rings. The van der Waals surface area contributed by atoms with Crippen LogP contribution in [0.1, 0.15) is 12.6 Å². The first-order chi connectivity index (χ1) is 12.7. The second-order valence-electron chi connectivity index (χ2n) is 5.21. The van der Waals surface area contributed by atoms with E-state index in [0.29, 0.717) is 0 Å². The second-order valence-corrected chi connectivity index (χ2v) is 5.92. The zero-order valence-corrected chi connectivity index (χ0v) is 15.4. The molecule has 0 bridgehead atoms. The second kappa shape index (κ2) is 8.49. The Morgan fingerprint density at radius 3 is 2.78 bits per heavy atom. The first kappa shape index (κ1) is 20.8. The van der Waals surface area contributed by atoms with E-state index in [2.05, 4.69) is 10.3 Å². The zero-order chi connectivity index (χ0) is 20.2. The van der Waals surface area contributed by atoms with E-state index >= 15 is 0 Å². The van der Waals surface area contributed by atoms with Gasteiger partial charge >= 0.3 is 11.9 Å². The fourth-order valence-corrected chi connectivity index (χ4v) is 2.47. The van der Waals surface area contributed by atoms with Crippen molar-refractivity contribution in [3.05, 3.63) is 56.0 Å². The van der Waals surface area contributed by atoms with Crippen molar-refractivity contribution >= 4 is 35.0 Å². The third-order valence-corrected chi connectivity index (χ3v) is 4.08. The van der Waals surface area contributed by atoms with Crippen LogP contribution < -0.4 is 15.6 Å². The van der Waals surface area contributed by atoms with Gasteiger partial charge in [-0.2, -0.15) is 13.5 Å². The molecule has 2 heterocycles. The Bertz CT molecular complexity index is 908. The predicted octanol–water partition coefficient (Wildman–Crippen LogP) is 1.95. The monoisotopic (exact) mass is 422 g/mol. The molecule has 0 atom stereocenters. The van der Waals surface area contributed by atoms with E-state index in [1.54, 1.807) is 6.92 Å². The normalized spacial score (nSPS) is 11.3. The molecular formula is C15H14Cl2F2N4O4. The molecular weight excluding hydrogens is 409 g/mol. The molecule has 2 rings (SSSR count). The van der Waals surface area contributed by atoms with Crippen molar-refractivity contribution in [2.24, 2.45) is 0 Å². The van der Waals surface area contributed by atoms with Crippen molar-refractivity contribution in [2.45, 2.75) is 19.4 Å². The number of nitrogens with zero attached hydrogens (tertiary/aromatic N) is 3. The number of carbonyl (C=O) groups is 1. The SMILES string of the molecule is CCOC(=O)Cn1c(Cl)c(Cl)nc(NCC(F)(F)c2cccc[n+]2[O-])c1=O. The molecule has 0 aromatic carbocycles. The molecule has 0 spiro atoms. The molecule has 146 valence electrons. The number of pyridine rings is 1. The summed E-state index contributed by atoms with van der Waals surface area (Å²) in [6, 6.07) is 3.53. The van der Waals surface area contributed by atoms with Crippen LogP contribution in [0.15, 0.2) is 29.2 Å². The summed E-state index contributed by atoms with van der Waals surface area (Å²) in [7, 11) is 0. The van der Waals surface area contributed by atoms with Crippen molar-refractivity contribution in [1.29, 1.82) is 0 Å². The van der Waals surface area contributed by atoms with Crippen LogP contribution in [-0.4, -0.2) is 28.7 Å². The molecule has 0 fully saturated rings. The van der Waals surface area contributed by atoms with Gasteiger partial charge in [0.1, 0.15) is 11.7 Å². The number of hydrogen-bond acceptors (Lipinski definition) is 6. The molecule has 1 N–H and O–H groups in total. The molecule has 0 saturated carbocycles. The van der Waals surface area contributed by atoms with Crippen molar-refractivity contribution in [3.8, 4) is 0 Å². The van der Waals surface area contributed by atoms with Gasteiger partial charge in [-0.25, -0.2) is 4.98 Å². The fraction of sp³-hybridized carbons (Fsp3) is 0.333. The van der Waals surface area contributed by atoms with Crippen molar-refractivity contribution in [2.75, 3.05) is 18.5 Å². The molecule has 12 heteroatoms. The summed E-state index contributed by atoms with van der Waals surface area (Å²) in [5, 5.41) is 13.0. The third-order valence-electron chi connectivity index (χ3n) is 3.33. The van der Waals surface area contributed by atoms with Gasteiger partial charge in [0.05, 0.1) is 13.2 Å². The third kappa shape index (κ3) is 4.83. The van der Waals surface area contributed by atoms with Gasteiger partial charge in [-0.1, -0.05) is 23.2 Å². The maximum absolute atomic E-state index is 14.3. The largest absolute Gasteiger partial charge is 0.618 e. The smallest absolute Gasteiger partial charge is 0.347 e. The van der Waals surface area contributed by atoms with Crippen LogP contribution >= 0.6 is 23.2 Å². The van der Waals surface area contributed by atoms with E-state index in [-0.39, 0.29) is 21.6 Å². The number of rotatable bonds is 7. The Morgan fingerprint density at radius 2 is 2.15 bits per heavy atom. The maximum Gasteiger partial charge on any atom is 0.347 e. The number of halogens is 4. The van der Waals surface area contributed by atoms with Crippen molar-refractivity contribution in [3.63, 3.8) is 0 Å². The Labute approximate surface area is 161 Å². The van der Waals surface area contributed by atoms with Gasteiger partial charge in [-0.05, 0) is 13.0 Å². The summed E-state index contributed by atoms with van der Waals surface area (Å²) >= 11 is 11.7. The molecule has 0 aliphatic heterocycles. The summed E-state index contributed by atoms with van der Waals surface area (Å²) in [4.78, 5) is 27.6. The number of hydrogen-bond donors (Lipinski definition) is 1. The minimum Gasteiger partial charge on any atom is -0.618 e. The van der Waals surface area contributed by atoms with Crippen LogP contribution in [-0.2, 0) is 22.0 Å². The summed E-state index contributed by atoms with van der Waals surface area (Å²) in [6.07, 6.45) is 0.924. The lowest BCUT2D eigenvalue weighted by Crippen LogP contribution is -2.41. The van der Waals surface area contributed by atoms with E-state index in [4.69, 9.17) is 27.9 Å². The van der Waals surface area contributed by atoms with Gasteiger partial charge < -0.3 is 15.3 Å². The van der Waals surface area contributed by atoms with E-state index in [9.17, 15) is 23.6 Å². The van der Waals surface area contributed by atoms with Crippen LogP contribution in [0.25, 0.3) is 0 Å². The number of ether oxygens (including phenoxy) is 1. The molecule has 0 radical (unpaired) electrons. The fourth-order valence-electron chi connectivity index (χ4n) is 2.11. The number of alkyl halides is 2. The summed E-state index contributed by atoms with van der Waals surface area (Å²) in [5.41, 5.74) is -1.76. The first-order valence-corrected chi connectivity index (χ1v) is 8.34. The first-order valence-electron chi connectivity index (χ1n) is 7.59. The summed E-state index contributed by atoms with van der Waals surface area (Å²) < 4.78 is 34.0. The van der Waals surface area contributed by atoms with E-state index in [1.807, 2.05) is 0 Å². The standard InChI is InChI=1S/C15H14Cl2F2N4O4/c1-2-27-10(24)7-22-12(17)11(16)21-13(14(22)25)20-8-15(18,19)9-5-3-4-6-23(9)26/h3-6H,2,7-8H2,1H3,(H,20,21). The maximum atomic E-state index is 14.3. The molecule has 0 amide bonds. The van der Waals surface area contributed by atoms with Crippen LogP contribution in [0, 0.1) is 5.21 Å². The van der Waals surface area contributed by atoms with Gasteiger partial charge in [0, 0.05) is 12.1 Å². The molecule has 0 aliphatic rings. The number of nitrogens with one attached hydrogen (secondary N) is 1. The van der Waals surface area contributed by atoms with Crippen molar-refractivity contribution in [1.82, 2.24) is 9.55 Å². The molecule has 2 aromatic heterocycles. The summed E-state index contributed by atoms with van der Waals surface area (Å²) in [5.74, 6) is -4.94. The minimum absolute atomic E-state index is 0.0169. The number of carbonyl (C=O) groups excluding carboxylic acids is 1. The highest BCUT2D eigenvalue weighted by Crippen LogP contribution is 2.25. The van der Waals surface area contributed by atoms with Crippen LogP contribution in [0.2, 0.25) is 10.3 Å². The average Bonchev–Trinajstić information content (AvgIpc) is 2.61. The lowest BCUT2D eigenvalue weighted by atomic mass is 10.2. The van der Waals surface area contributed by atoms with Gasteiger partial charge in [0.15, 0.2) is 17.2 Å². The number of aromatic nitrogens is 3. The molecule has 0 aliphatic carbocycles. The predicted molar refractivity (Wildman–Crippen MR) is 92.9 cm³/mol. The van der Waals surface area contributed by atoms with E-state index in [0.717, 1.165) is 16.8 Å². The lowest BCUT2D eigenvalue weighted by molar-refractivity contribution is -0.624. The molecule has 27 heavy (non-hydrogen) atoms. The number of anilines is 1. The van der Waals surface area contributed by atoms with Gasteiger partial charge in [0.25, 0.3) is 11.3 Å². The Kier molecular flexibility index (Phi) is 6.55. The van der Waals surface area contributed by atoms with Crippen LogP contribution in [0.3, 0.4) is 0 Å². The van der Waals surface area contributed by atoms with E-state index < -0.39 is 42.1 Å². The highest BCUT2D eigenvalue weighted by molar-refractivity contribution is 6.40. The van der Waals surface area contributed by atoms with Crippen molar-refractivity contribution < 1.29 is 23.0 Å². The average molecular weight is 423 g/mol. The quantitative estimate of drug-likeness (QED) is 0.415. The Morgan fingerprint density at radius 1 is 1.44 bits per heavy atom. The Hall–Kier alpha value is -2.46. The Balaban J connectivity index is 2.29. The highest BCUT2D eigenvalue weighted by atomic mass is 35.5. The molecule has 8 nitrogen and oxygen atoms in total. The van der Waals surface area contributed by atoms with Gasteiger partial charge in [0.2, 0.25) is 0 Å². The van der Waals surface area contributed by atoms with Gasteiger partial charge in [-0.15, -0.1) is 0 Å². The van der Waals surface area contributed by atoms with Gasteiger partial charge in [-0.3, -0.25) is 14.2 Å². The topological polar surface area (TPSA) is 100 Å². The lowest BCUT2D eigenvalue weighted by Gasteiger charge is -2.17. The molecule has 0 unspecified atom stereocenters. The van der Waals surface area contributed by atoms with Crippen LogP contribution in [0.4, 0.5) is 14.6 Å². The van der Waals surface area contributed by atoms with E-state index in [1.165, 1.54) is 12.1 Å². The molecule has 0 saturated heterocycles. The highest BCUT2D eigenvalue weighted by Gasteiger charge is 2.39. The van der Waals surface area contributed by atoms with Crippen LogP contribution in [0.5, 0.6) is 0 Å². The number of esters is 1. The zero-order valence-electron chi connectivity index (χ0n) is 13.9.